The number of hydrogen-bond donors (Lipinski definition) is 0. The number of carbonyl (C=O) groups excluding carboxylic acids is 1. The maximum absolute atomic E-state index is 13.1. The lowest BCUT2D eigenvalue weighted by Gasteiger charge is -2.08. The van der Waals surface area contributed by atoms with Crippen LogP contribution in [-0.4, -0.2) is 17.3 Å². The highest BCUT2D eigenvalue weighted by atomic mass is 35.5. The van der Waals surface area contributed by atoms with Crippen molar-refractivity contribution >= 4 is 29.1 Å². The van der Waals surface area contributed by atoms with Crippen molar-refractivity contribution in [3.63, 3.8) is 0 Å². The fraction of sp³-hybridized carbons (Fsp3) is 0.364. The molecule has 0 aliphatic carbocycles. The summed E-state index contributed by atoms with van der Waals surface area (Å²) in [5.74, 6) is 1.29. The summed E-state index contributed by atoms with van der Waals surface area (Å²) in [6, 6.07) is 4.38. The molecule has 0 N–H and O–H groups in total. The highest BCUT2D eigenvalue weighted by Crippen LogP contribution is 2.29. The molecule has 0 amide bonds. The summed E-state index contributed by atoms with van der Waals surface area (Å²) < 4.78 is 13.1. The molecule has 2 rings (SSSR count). The number of carbonyl (C=O) groups is 1. The number of hydrogen-bond acceptors (Lipinski definition) is 2. The quantitative estimate of drug-likeness (QED) is 0.742. The summed E-state index contributed by atoms with van der Waals surface area (Å²) in [6.45, 7) is 0. The van der Waals surface area contributed by atoms with Crippen LogP contribution in [0.25, 0.3) is 0 Å². The fourth-order valence-corrected chi connectivity index (χ4v) is 3.09. The third kappa shape index (κ3) is 2.18. The molecule has 0 spiro atoms. The first-order valence-electron chi connectivity index (χ1n) is 4.76. The molecule has 1 fully saturated rings. The van der Waals surface area contributed by atoms with Gasteiger partial charge in [0.2, 0.25) is 0 Å². The van der Waals surface area contributed by atoms with Gasteiger partial charge in [0.15, 0.2) is 5.78 Å². The Morgan fingerprint density at radius 1 is 1.53 bits per heavy atom. The van der Waals surface area contributed by atoms with Crippen LogP contribution < -0.4 is 0 Å². The molecule has 0 bridgehead atoms. The van der Waals surface area contributed by atoms with E-state index in [0.29, 0.717) is 5.56 Å². The average Bonchev–Trinajstić information content (AvgIpc) is 2.74. The molecule has 1 aromatic rings. The van der Waals surface area contributed by atoms with E-state index in [4.69, 9.17) is 11.6 Å². The van der Waals surface area contributed by atoms with Crippen LogP contribution in [0, 0.1) is 11.7 Å². The van der Waals surface area contributed by atoms with Crippen molar-refractivity contribution in [3.8, 4) is 0 Å². The lowest BCUT2D eigenvalue weighted by atomic mass is 9.97. The molecular weight excluding hydrogens is 235 g/mol. The van der Waals surface area contributed by atoms with Gasteiger partial charge >= 0.3 is 0 Å². The molecular formula is C11H10ClFOS. The number of halogens is 2. The van der Waals surface area contributed by atoms with E-state index in [-0.39, 0.29) is 16.7 Å². The zero-order valence-corrected chi connectivity index (χ0v) is 9.58. The minimum atomic E-state index is -0.520. The molecule has 80 valence electrons. The smallest absolute Gasteiger partial charge is 0.168 e. The van der Waals surface area contributed by atoms with Crippen LogP contribution in [0.15, 0.2) is 18.2 Å². The highest BCUT2D eigenvalue weighted by Gasteiger charge is 2.26. The molecule has 0 aromatic heterocycles. The van der Waals surface area contributed by atoms with E-state index in [1.807, 2.05) is 0 Å². The molecule has 0 radical (unpaired) electrons. The van der Waals surface area contributed by atoms with Gasteiger partial charge in [-0.15, -0.1) is 0 Å². The van der Waals surface area contributed by atoms with Crippen LogP contribution in [0.3, 0.4) is 0 Å². The van der Waals surface area contributed by atoms with Gasteiger partial charge in [-0.05, 0) is 24.3 Å². The van der Waals surface area contributed by atoms with Crippen molar-refractivity contribution in [2.45, 2.75) is 6.42 Å². The molecule has 1 atom stereocenters. The van der Waals surface area contributed by atoms with E-state index in [9.17, 15) is 9.18 Å². The van der Waals surface area contributed by atoms with Crippen molar-refractivity contribution in [1.82, 2.24) is 0 Å². The van der Waals surface area contributed by atoms with Crippen LogP contribution in [0.5, 0.6) is 0 Å². The van der Waals surface area contributed by atoms with Gasteiger partial charge in [0.1, 0.15) is 5.82 Å². The maximum atomic E-state index is 13.1. The fourth-order valence-electron chi connectivity index (χ4n) is 1.66. The van der Waals surface area contributed by atoms with E-state index < -0.39 is 5.82 Å². The van der Waals surface area contributed by atoms with Crippen LogP contribution in [0.4, 0.5) is 4.39 Å². The second kappa shape index (κ2) is 4.54. The number of Topliss-reactive ketones (excluding diaryl/α,β-unsaturated/α-hetero) is 1. The van der Waals surface area contributed by atoms with Gasteiger partial charge < -0.3 is 0 Å². The SMILES string of the molecule is O=C(c1cccc(F)c1Cl)C1CCSC1. The molecule has 4 heteroatoms. The Hall–Kier alpha value is -0.540. The second-order valence-corrected chi connectivity index (χ2v) is 5.05. The number of benzene rings is 1. The first-order valence-corrected chi connectivity index (χ1v) is 6.29. The average molecular weight is 245 g/mol. The summed E-state index contributed by atoms with van der Waals surface area (Å²) in [7, 11) is 0. The Morgan fingerprint density at radius 3 is 3.00 bits per heavy atom. The molecule has 1 aliphatic heterocycles. The molecule has 1 nitrogen and oxygen atoms in total. The van der Waals surface area contributed by atoms with E-state index in [0.717, 1.165) is 17.9 Å². The van der Waals surface area contributed by atoms with Crippen LogP contribution in [-0.2, 0) is 0 Å². The third-order valence-electron chi connectivity index (χ3n) is 2.52. The predicted molar refractivity (Wildman–Crippen MR) is 61.2 cm³/mol. The van der Waals surface area contributed by atoms with Gasteiger partial charge in [-0.25, -0.2) is 4.39 Å². The molecule has 1 unspecified atom stereocenters. The lowest BCUT2D eigenvalue weighted by molar-refractivity contribution is 0.0933. The summed E-state index contributed by atoms with van der Waals surface area (Å²) >= 11 is 7.52. The largest absolute Gasteiger partial charge is 0.294 e. The molecule has 15 heavy (non-hydrogen) atoms. The van der Waals surface area contributed by atoms with Crippen molar-refractivity contribution in [2.24, 2.45) is 5.92 Å². The highest BCUT2D eigenvalue weighted by molar-refractivity contribution is 7.99. The minimum Gasteiger partial charge on any atom is -0.294 e. The summed E-state index contributed by atoms with van der Waals surface area (Å²) in [4.78, 5) is 12.0. The van der Waals surface area contributed by atoms with Crippen molar-refractivity contribution < 1.29 is 9.18 Å². The summed E-state index contributed by atoms with van der Waals surface area (Å²) in [5, 5.41) is -0.0422. The number of thioether (sulfide) groups is 1. The Kier molecular flexibility index (Phi) is 3.32. The monoisotopic (exact) mass is 244 g/mol. The van der Waals surface area contributed by atoms with E-state index in [1.165, 1.54) is 12.1 Å². The Balaban J connectivity index is 2.28. The van der Waals surface area contributed by atoms with Gasteiger partial charge in [0.05, 0.1) is 5.02 Å². The standard InChI is InChI=1S/C11H10ClFOS/c12-10-8(2-1-3-9(10)13)11(14)7-4-5-15-6-7/h1-3,7H,4-6H2. The van der Waals surface area contributed by atoms with Crippen molar-refractivity contribution in [3.05, 3.63) is 34.6 Å². The first-order chi connectivity index (χ1) is 7.20. The topological polar surface area (TPSA) is 17.1 Å². The lowest BCUT2D eigenvalue weighted by Crippen LogP contribution is -2.14. The van der Waals surface area contributed by atoms with E-state index in [1.54, 1.807) is 17.8 Å². The molecule has 1 aliphatic rings. The van der Waals surface area contributed by atoms with Gasteiger partial charge in [-0.1, -0.05) is 17.7 Å². The predicted octanol–water partition coefficient (Wildman–Crippen LogP) is 3.41. The Bertz CT molecular complexity index is 388. The van der Waals surface area contributed by atoms with E-state index in [2.05, 4.69) is 0 Å². The summed E-state index contributed by atoms with van der Waals surface area (Å²) in [6.07, 6.45) is 0.871. The molecule has 1 aromatic carbocycles. The van der Waals surface area contributed by atoms with Gasteiger partial charge in [-0.2, -0.15) is 11.8 Å². The van der Waals surface area contributed by atoms with E-state index >= 15 is 0 Å². The molecule has 1 heterocycles. The Labute approximate surface area is 97.0 Å². The van der Waals surface area contributed by atoms with Crippen LogP contribution >= 0.6 is 23.4 Å². The zero-order valence-electron chi connectivity index (χ0n) is 8.00. The first kappa shape index (κ1) is 11.0. The van der Waals surface area contributed by atoms with Crippen LogP contribution in [0.2, 0.25) is 5.02 Å². The zero-order chi connectivity index (χ0) is 10.8. The third-order valence-corrected chi connectivity index (χ3v) is 4.06. The van der Waals surface area contributed by atoms with Gasteiger partial charge in [0, 0.05) is 17.2 Å². The number of rotatable bonds is 2. The summed E-state index contributed by atoms with van der Waals surface area (Å²) in [5.41, 5.74) is 0.323. The second-order valence-electron chi connectivity index (χ2n) is 3.53. The van der Waals surface area contributed by atoms with Gasteiger partial charge in [-0.3, -0.25) is 4.79 Å². The minimum absolute atomic E-state index is 0.00861. The molecule has 1 saturated heterocycles. The van der Waals surface area contributed by atoms with Gasteiger partial charge in [0.25, 0.3) is 0 Å². The number of ketones is 1. The Morgan fingerprint density at radius 2 is 2.33 bits per heavy atom. The van der Waals surface area contributed by atoms with Crippen LogP contribution in [0.1, 0.15) is 16.8 Å². The van der Waals surface area contributed by atoms with Crippen molar-refractivity contribution in [2.75, 3.05) is 11.5 Å². The normalized spacial score (nSPS) is 20.5. The maximum Gasteiger partial charge on any atom is 0.168 e. The molecule has 0 saturated carbocycles. The van der Waals surface area contributed by atoms with Crippen molar-refractivity contribution in [1.29, 1.82) is 0 Å².